The number of hydrogen-bond donors (Lipinski definition) is 0. The van der Waals surface area contributed by atoms with Crippen LogP contribution < -0.4 is 5.56 Å². The van der Waals surface area contributed by atoms with E-state index in [4.69, 9.17) is 21.3 Å². The SMILES string of the molecule is CC(=N[S@+]([O-])C(C)(C)C)c1cc(Cl)cc2c(=O)n(C(C)C)c(C3CCOCC3)nc12. The lowest BCUT2D eigenvalue weighted by Crippen LogP contribution is -2.31. The number of benzene rings is 1. The van der Waals surface area contributed by atoms with Crippen LogP contribution in [0.25, 0.3) is 10.9 Å². The van der Waals surface area contributed by atoms with Gasteiger partial charge in [0.2, 0.25) is 0 Å². The van der Waals surface area contributed by atoms with Gasteiger partial charge in [0, 0.05) is 35.8 Å². The third-order valence-electron chi connectivity index (χ3n) is 5.23. The Bertz CT molecular complexity index is 1020. The van der Waals surface area contributed by atoms with E-state index in [2.05, 4.69) is 4.40 Å². The van der Waals surface area contributed by atoms with Gasteiger partial charge in [0.1, 0.15) is 21.9 Å². The van der Waals surface area contributed by atoms with Crippen LogP contribution in [0.15, 0.2) is 21.3 Å². The van der Waals surface area contributed by atoms with Gasteiger partial charge in [0.05, 0.1) is 16.6 Å². The average molecular weight is 452 g/mol. The van der Waals surface area contributed by atoms with Crippen LogP contribution in [0, 0.1) is 0 Å². The van der Waals surface area contributed by atoms with Crippen molar-refractivity contribution in [2.45, 2.75) is 71.1 Å². The van der Waals surface area contributed by atoms with E-state index in [0.29, 0.717) is 40.4 Å². The Kier molecular flexibility index (Phi) is 6.97. The zero-order chi connectivity index (χ0) is 22.2. The van der Waals surface area contributed by atoms with Crippen LogP contribution in [0.1, 0.15) is 77.7 Å². The van der Waals surface area contributed by atoms with Gasteiger partial charge in [0.25, 0.3) is 5.56 Å². The highest BCUT2D eigenvalue weighted by atomic mass is 35.5. The van der Waals surface area contributed by atoms with Gasteiger partial charge in [-0.05, 0) is 66.5 Å². The van der Waals surface area contributed by atoms with Gasteiger partial charge >= 0.3 is 0 Å². The highest BCUT2D eigenvalue weighted by Crippen LogP contribution is 2.30. The fourth-order valence-electron chi connectivity index (χ4n) is 3.61. The minimum Gasteiger partial charge on any atom is -0.591 e. The van der Waals surface area contributed by atoms with Crippen molar-refractivity contribution in [1.82, 2.24) is 9.55 Å². The van der Waals surface area contributed by atoms with Crippen molar-refractivity contribution in [2.24, 2.45) is 4.40 Å². The summed E-state index contributed by atoms with van der Waals surface area (Å²) < 4.78 is 23.8. The molecule has 0 unspecified atom stereocenters. The normalized spacial score (nSPS) is 17.7. The molecule has 2 heterocycles. The Balaban J connectivity index is 2.28. The number of nitrogens with zero attached hydrogens (tertiary/aromatic N) is 3. The maximum atomic E-state index is 13.5. The van der Waals surface area contributed by atoms with Gasteiger partial charge in [-0.3, -0.25) is 9.36 Å². The maximum Gasteiger partial charge on any atom is 0.261 e. The largest absolute Gasteiger partial charge is 0.591 e. The van der Waals surface area contributed by atoms with Gasteiger partial charge in [0.15, 0.2) is 0 Å². The molecule has 3 rings (SSSR count). The summed E-state index contributed by atoms with van der Waals surface area (Å²) in [6, 6.07) is 3.39. The monoisotopic (exact) mass is 451 g/mol. The van der Waals surface area contributed by atoms with E-state index in [9.17, 15) is 9.35 Å². The first-order valence-electron chi connectivity index (χ1n) is 10.3. The Morgan fingerprint density at radius 3 is 2.53 bits per heavy atom. The lowest BCUT2D eigenvalue weighted by molar-refractivity contribution is 0.0823. The molecule has 1 atom stereocenters. The first kappa shape index (κ1) is 23.3. The molecule has 0 bridgehead atoms. The second kappa shape index (κ2) is 8.99. The number of hydrogen-bond acceptors (Lipinski definition) is 5. The summed E-state index contributed by atoms with van der Waals surface area (Å²) in [6.45, 7) is 12.7. The Hall–Kier alpha value is -1.41. The molecule has 0 aliphatic carbocycles. The molecule has 0 amide bonds. The first-order valence-corrected chi connectivity index (χ1v) is 11.8. The van der Waals surface area contributed by atoms with Crippen LogP contribution in [0.3, 0.4) is 0 Å². The van der Waals surface area contributed by atoms with Crippen molar-refractivity contribution in [3.8, 4) is 0 Å². The minimum atomic E-state index is -1.43. The molecule has 1 aliphatic rings. The zero-order valence-electron chi connectivity index (χ0n) is 18.5. The summed E-state index contributed by atoms with van der Waals surface area (Å²) >= 11 is 4.94. The summed E-state index contributed by atoms with van der Waals surface area (Å²) in [5.74, 6) is 0.932. The van der Waals surface area contributed by atoms with E-state index in [1.807, 2.05) is 34.6 Å². The predicted molar refractivity (Wildman–Crippen MR) is 124 cm³/mol. The Morgan fingerprint density at radius 2 is 1.97 bits per heavy atom. The standard InChI is InChI=1S/C22H30ClN3O3S/c1-13(2)26-20(15-7-9-29-10-8-15)24-19-17(11-16(23)12-18(19)21(26)27)14(3)25-30(28)22(4,5)6/h11-13,15H,7-10H2,1-6H3/t30-/m1/s1. The van der Waals surface area contributed by atoms with Crippen molar-refractivity contribution in [2.75, 3.05) is 13.2 Å². The van der Waals surface area contributed by atoms with E-state index in [1.165, 1.54) is 0 Å². The maximum absolute atomic E-state index is 13.5. The molecule has 2 aromatic rings. The molecule has 0 saturated carbocycles. The van der Waals surface area contributed by atoms with E-state index in [1.54, 1.807) is 23.6 Å². The molecule has 0 radical (unpaired) electrons. The van der Waals surface area contributed by atoms with Gasteiger partial charge < -0.3 is 9.29 Å². The third kappa shape index (κ3) is 4.74. The van der Waals surface area contributed by atoms with Crippen molar-refractivity contribution >= 4 is 39.6 Å². The quantitative estimate of drug-likeness (QED) is 0.494. The third-order valence-corrected chi connectivity index (χ3v) is 6.94. The highest BCUT2D eigenvalue weighted by molar-refractivity contribution is 7.91. The van der Waals surface area contributed by atoms with Gasteiger partial charge in [-0.1, -0.05) is 16.0 Å². The van der Waals surface area contributed by atoms with E-state index >= 15 is 0 Å². The van der Waals surface area contributed by atoms with Crippen LogP contribution in [0.4, 0.5) is 0 Å². The molecular formula is C22H30ClN3O3S. The van der Waals surface area contributed by atoms with Crippen LogP contribution in [0.2, 0.25) is 5.02 Å². The fourth-order valence-corrected chi connectivity index (χ4v) is 4.45. The summed E-state index contributed by atoms with van der Waals surface area (Å²) in [6.07, 6.45) is 1.66. The number of aromatic nitrogens is 2. The van der Waals surface area contributed by atoms with Crippen molar-refractivity contribution < 1.29 is 9.29 Å². The summed E-state index contributed by atoms with van der Waals surface area (Å²) in [7, 11) is 0. The molecule has 0 spiro atoms. The number of fused-ring (bicyclic) bond motifs is 1. The van der Waals surface area contributed by atoms with Crippen LogP contribution >= 0.6 is 11.6 Å². The van der Waals surface area contributed by atoms with E-state index in [0.717, 1.165) is 18.7 Å². The minimum absolute atomic E-state index is 0.0298. The average Bonchev–Trinajstić information content (AvgIpc) is 2.67. The van der Waals surface area contributed by atoms with Gasteiger partial charge in [-0.25, -0.2) is 4.98 Å². The van der Waals surface area contributed by atoms with Crippen LogP contribution in [-0.2, 0) is 16.1 Å². The fraction of sp³-hybridized carbons (Fsp3) is 0.591. The number of ether oxygens (including phenoxy) is 1. The van der Waals surface area contributed by atoms with Crippen LogP contribution in [-0.4, -0.2) is 37.8 Å². The lowest BCUT2D eigenvalue weighted by Gasteiger charge is -2.26. The second-order valence-electron chi connectivity index (χ2n) is 9.01. The molecule has 1 aliphatic heterocycles. The van der Waals surface area contributed by atoms with Gasteiger partial charge in [-0.15, -0.1) is 0 Å². The number of halogens is 1. The highest BCUT2D eigenvalue weighted by Gasteiger charge is 2.28. The molecule has 1 aromatic heterocycles. The van der Waals surface area contributed by atoms with Crippen LogP contribution in [0.5, 0.6) is 0 Å². The van der Waals surface area contributed by atoms with Gasteiger partial charge in [-0.2, -0.15) is 0 Å². The second-order valence-corrected chi connectivity index (χ2v) is 11.4. The predicted octanol–water partition coefficient (Wildman–Crippen LogP) is 4.80. The van der Waals surface area contributed by atoms with Crippen molar-refractivity contribution in [1.29, 1.82) is 0 Å². The molecular weight excluding hydrogens is 422 g/mol. The molecule has 164 valence electrons. The molecule has 1 aromatic carbocycles. The number of rotatable bonds is 4. The molecule has 30 heavy (non-hydrogen) atoms. The topological polar surface area (TPSA) is 79.5 Å². The smallest absolute Gasteiger partial charge is 0.261 e. The first-order chi connectivity index (χ1) is 14.0. The summed E-state index contributed by atoms with van der Waals surface area (Å²) in [5.41, 5.74) is 1.67. The van der Waals surface area contributed by atoms with E-state index < -0.39 is 16.1 Å². The molecule has 1 saturated heterocycles. The summed E-state index contributed by atoms with van der Waals surface area (Å²) in [5, 5.41) is 0.889. The van der Waals surface area contributed by atoms with Crippen molar-refractivity contribution in [3.63, 3.8) is 0 Å². The lowest BCUT2D eigenvalue weighted by atomic mass is 9.97. The Morgan fingerprint density at radius 1 is 1.33 bits per heavy atom. The zero-order valence-corrected chi connectivity index (χ0v) is 20.1. The van der Waals surface area contributed by atoms with Crippen molar-refractivity contribution in [3.05, 3.63) is 38.9 Å². The summed E-state index contributed by atoms with van der Waals surface area (Å²) in [4.78, 5) is 18.5. The van der Waals surface area contributed by atoms with E-state index in [-0.39, 0.29) is 17.5 Å². The molecule has 0 N–H and O–H groups in total. The molecule has 6 nitrogen and oxygen atoms in total. The molecule has 8 heteroatoms. The molecule has 1 fully saturated rings. The Labute approximate surface area is 186 Å².